The van der Waals surface area contributed by atoms with Gasteiger partial charge in [-0.25, -0.2) is 9.97 Å². The molecule has 7 aromatic rings. The number of ether oxygens (including phenoxy) is 8. The number of hydrogen-bond acceptors (Lipinski definition) is 10. The lowest BCUT2D eigenvalue weighted by molar-refractivity contribution is 0.294. The number of aromatic amines is 2. The van der Waals surface area contributed by atoms with Crippen molar-refractivity contribution in [2.24, 2.45) is 0 Å². The topological polar surface area (TPSA) is 131 Å². The first kappa shape index (κ1) is 64.4. The van der Waals surface area contributed by atoms with E-state index in [1.165, 1.54) is 0 Å². The van der Waals surface area contributed by atoms with E-state index in [1.807, 2.05) is 24.3 Å². The van der Waals surface area contributed by atoms with Gasteiger partial charge >= 0.3 is 0 Å². The average Bonchev–Trinajstić information content (AvgIpc) is 2.92. The molecule has 0 radical (unpaired) electrons. The molecule has 12 heteroatoms. The summed E-state index contributed by atoms with van der Waals surface area (Å²) < 4.78 is 52.4. The smallest absolute Gasteiger partial charge is 0.123 e. The SMILES string of the molecule is CCCCOc1cc(OCCCC)cc(-c2c3nc(c(-c4cc(OCCCC)cc(OCCCC)c4)c4ccc([nH]4)c(-c4cc(OCCCC)cc(OCCCC)c4)c4nc(c(-c5cc(OCCCC)cc(OCCCC)c5)c5ccc2[nH]5)C=C4)C=C3)c1. The highest BCUT2D eigenvalue weighted by molar-refractivity contribution is 6.00. The van der Waals surface area contributed by atoms with E-state index in [4.69, 9.17) is 47.9 Å². The molecule has 0 saturated heterocycles. The maximum absolute atomic E-state index is 6.55. The molecule has 0 aliphatic carbocycles. The first-order chi connectivity index (χ1) is 43.3. The van der Waals surface area contributed by atoms with E-state index in [-0.39, 0.29) is 0 Å². The zero-order valence-electron chi connectivity index (χ0n) is 53.7. The van der Waals surface area contributed by atoms with Gasteiger partial charge in [-0.3, -0.25) is 0 Å². The van der Waals surface area contributed by atoms with Crippen molar-refractivity contribution in [2.75, 3.05) is 52.9 Å². The van der Waals surface area contributed by atoms with Crippen molar-refractivity contribution in [3.05, 3.63) is 120 Å². The summed E-state index contributed by atoms with van der Waals surface area (Å²) in [5, 5.41) is 0. The largest absolute Gasteiger partial charge is 0.493 e. The number of rotatable bonds is 36. The van der Waals surface area contributed by atoms with E-state index in [0.29, 0.717) is 52.9 Å². The highest BCUT2D eigenvalue weighted by atomic mass is 16.5. The van der Waals surface area contributed by atoms with Crippen molar-refractivity contribution in [1.82, 2.24) is 19.9 Å². The van der Waals surface area contributed by atoms with Crippen molar-refractivity contribution >= 4 is 46.4 Å². The van der Waals surface area contributed by atoms with Crippen LogP contribution in [0, 0.1) is 0 Å². The quantitative estimate of drug-likeness (QED) is 0.0366. The Bertz CT molecular complexity index is 3060. The Labute approximate surface area is 523 Å². The normalized spacial score (nSPS) is 11.7. The van der Waals surface area contributed by atoms with Crippen molar-refractivity contribution in [1.29, 1.82) is 0 Å². The zero-order valence-corrected chi connectivity index (χ0v) is 53.7. The van der Waals surface area contributed by atoms with Gasteiger partial charge in [-0.2, -0.15) is 0 Å². The highest BCUT2D eigenvalue weighted by Crippen LogP contribution is 2.43. The first-order valence-corrected chi connectivity index (χ1v) is 33.1. The van der Waals surface area contributed by atoms with Crippen LogP contribution in [-0.2, 0) is 0 Å². The third-order valence-corrected chi connectivity index (χ3v) is 15.6. The molecule has 0 saturated carbocycles. The molecule has 0 atom stereocenters. The molecule has 3 aromatic heterocycles. The van der Waals surface area contributed by atoms with Crippen LogP contribution in [0.25, 0.3) is 90.9 Å². The van der Waals surface area contributed by atoms with Crippen LogP contribution in [0.2, 0.25) is 0 Å². The summed E-state index contributed by atoms with van der Waals surface area (Å²) in [6.45, 7) is 22.1. The molecule has 5 heterocycles. The monoisotopic (exact) mass is 1190 g/mol. The van der Waals surface area contributed by atoms with Crippen molar-refractivity contribution < 1.29 is 37.9 Å². The highest BCUT2D eigenvalue weighted by Gasteiger charge is 2.23. The van der Waals surface area contributed by atoms with Crippen LogP contribution < -0.4 is 37.9 Å². The number of H-pyrrole nitrogens is 2. The summed E-state index contributed by atoms with van der Waals surface area (Å²) in [4.78, 5) is 19.4. The summed E-state index contributed by atoms with van der Waals surface area (Å²) in [5.41, 5.74) is 13.5. The molecule has 2 N–H and O–H groups in total. The summed E-state index contributed by atoms with van der Waals surface area (Å²) >= 11 is 0. The summed E-state index contributed by atoms with van der Waals surface area (Å²) in [7, 11) is 0. The minimum atomic E-state index is 0.584. The van der Waals surface area contributed by atoms with Crippen LogP contribution in [0.3, 0.4) is 0 Å². The summed E-state index contributed by atoms with van der Waals surface area (Å²) in [5.74, 6) is 5.88. The zero-order chi connectivity index (χ0) is 61.5. The van der Waals surface area contributed by atoms with Gasteiger partial charge in [-0.1, -0.05) is 107 Å². The van der Waals surface area contributed by atoms with E-state index in [0.717, 1.165) is 238 Å². The molecule has 2 aliphatic heterocycles. The third kappa shape index (κ3) is 17.1. The lowest BCUT2D eigenvalue weighted by atomic mass is 10.0. The summed E-state index contributed by atoms with van der Waals surface area (Å²) in [6.07, 6.45) is 24.0. The second-order valence-corrected chi connectivity index (χ2v) is 22.9. The summed E-state index contributed by atoms with van der Waals surface area (Å²) in [6, 6.07) is 33.7. The van der Waals surface area contributed by atoms with E-state index in [2.05, 4.69) is 162 Å². The van der Waals surface area contributed by atoms with Crippen LogP contribution in [-0.4, -0.2) is 72.8 Å². The van der Waals surface area contributed by atoms with Crippen molar-refractivity contribution in [3.8, 4) is 90.5 Å². The minimum Gasteiger partial charge on any atom is -0.493 e. The first-order valence-electron chi connectivity index (χ1n) is 33.1. The van der Waals surface area contributed by atoms with Gasteiger partial charge in [-0.05, 0) is 171 Å². The molecule has 2 aliphatic rings. The van der Waals surface area contributed by atoms with Gasteiger partial charge in [0, 0.05) is 68.6 Å². The Balaban J connectivity index is 1.43. The van der Waals surface area contributed by atoms with Crippen LogP contribution >= 0.6 is 0 Å². The predicted octanol–water partition coefficient (Wildman–Crippen LogP) is 20.8. The van der Waals surface area contributed by atoms with Crippen molar-refractivity contribution in [2.45, 2.75) is 158 Å². The van der Waals surface area contributed by atoms with Gasteiger partial charge in [0.2, 0.25) is 0 Å². The second-order valence-electron chi connectivity index (χ2n) is 22.9. The minimum absolute atomic E-state index is 0.584. The van der Waals surface area contributed by atoms with Crippen molar-refractivity contribution in [3.63, 3.8) is 0 Å². The van der Waals surface area contributed by atoms with Gasteiger partial charge in [-0.15, -0.1) is 0 Å². The Hall–Kier alpha value is -8.12. The fourth-order valence-electron chi connectivity index (χ4n) is 10.6. The Morgan fingerprint density at radius 3 is 0.580 bits per heavy atom. The average molecular weight is 1190 g/mol. The fraction of sp³-hybridized carbons (Fsp3) is 0.421. The Morgan fingerprint density at radius 1 is 0.250 bits per heavy atom. The fourth-order valence-corrected chi connectivity index (χ4v) is 10.6. The number of benzene rings is 4. The van der Waals surface area contributed by atoms with Gasteiger partial charge in [0.15, 0.2) is 0 Å². The van der Waals surface area contributed by atoms with Crippen LogP contribution in [0.1, 0.15) is 181 Å². The van der Waals surface area contributed by atoms with Crippen LogP contribution in [0.5, 0.6) is 46.0 Å². The molecule has 12 nitrogen and oxygen atoms in total. The lowest BCUT2D eigenvalue weighted by Crippen LogP contribution is -2.01. The molecule has 0 unspecified atom stereocenters. The van der Waals surface area contributed by atoms with E-state index in [9.17, 15) is 0 Å². The van der Waals surface area contributed by atoms with Gasteiger partial charge in [0.05, 0.1) is 75.6 Å². The van der Waals surface area contributed by atoms with Gasteiger partial charge in [0.25, 0.3) is 0 Å². The molecule has 0 fully saturated rings. The molecule has 466 valence electrons. The lowest BCUT2D eigenvalue weighted by Gasteiger charge is -2.14. The predicted molar refractivity (Wildman–Crippen MR) is 364 cm³/mol. The van der Waals surface area contributed by atoms with Gasteiger partial charge < -0.3 is 47.9 Å². The number of unbranched alkanes of at least 4 members (excludes halogenated alkanes) is 8. The molecular formula is C76H94N4O8. The van der Waals surface area contributed by atoms with E-state index in [1.54, 1.807) is 0 Å². The third-order valence-electron chi connectivity index (χ3n) is 15.6. The molecular weight excluding hydrogens is 1100 g/mol. The molecule has 4 aromatic carbocycles. The second kappa shape index (κ2) is 33.3. The number of nitrogens with zero attached hydrogens (tertiary/aromatic N) is 2. The number of aromatic nitrogens is 4. The maximum Gasteiger partial charge on any atom is 0.123 e. The maximum atomic E-state index is 6.55. The molecule has 0 amide bonds. The molecule has 9 rings (SSSR count). The number of hydrogen-bond donors (Lipinski definition) is 2. The molecule has 88 heavy (non-hydrogen) atoms. The van der Waals surface area contributed by atoms with Crippen LogP contribution in [0.15, 0.2) is 97.1 Å². The Morgan fingerprint density at radius 2 is 0.420 bits per heavy atom. The van der Waals surface area contributed by atoms with Crippen LogP contribution in [0.4, 0.5) is 0 Å². The number of fused-ring (bicyclic) bond motifs is 8. The molecule has 8 bridgehead atoms. The number of nitrogens with one attached hydrogen (secondary N) is 2. The van der Waals surface area contributed by atoms with Gasteiger partial charge in [0.1, 0.15) is 46.0 Å². The van der Waals surface area contributed by atoms with E-state index >= 15 is 0 Å². The molecule has 0 spiro atoms. The van der Waals surface area contributed by atoms with E-state index < -0.39 is 0 Å². The standard InChI is InChI=1S/C76H94N4O8/c1-9-17-33-81-57-41-53(42-58(49-57)82-34-18-10-2)73-65-25-27-67(77-65)74(54-43-59(83-35-19-11-3)50-60(44-54)84-36-20-12-4)69-29-31-71(79-69)76(56-47-63(87-39-23-15-7)52-64(48-56)88-40-24-16-8)72-32-30-70(80-72)75(68-28-26-66(73)78-68)55-45-61(85-37-21-13-5)51-62(46-55)86-38-22-14-6/h25-32,41-52,77,80H,9-24,33-40H2,1-8H3. The Kier molecular flexibility index (Phi) is 24.3.